The van der Waals surface area contributed by atoms with Crippen LogP contribution < -0.4 is 0 Å². The Bertz CT molecular complexity index is 343. The Labute approximate surface area is 107 Å². The van der Waals surface area contributed by atoms with Crippen molar-refractivity contribution in [3.05, 3.63) is 0 Å². The lowest BCUT2D eigenvalue weighted by molar-refractivity contribution is -0.146. The molecule has 3 fully saturated rings. The molecule has 1 N–H and O–H groups in total. The van der Waals surface area contributed by atoms with Gasteiger partial charge >= 0.3 is 12.0 Å². The topological polar surface area (TPSA) is 60.9 Å². The molecule has 1 heterocycles. The van der Waals surface area contributed by atoms with Crippen molar-refractivity contribution in [2.24, 2.45) is 17.8 Å². The zero-order chi connectivity index (χ0) is 12.7. The van der Waals surface area contributed by atoms with Crippen LogP contribution in [0.3, 0.4) is 0 Å². The van der Waals surface area contributed by atoms with Crippen LogP contribution in [0, 0.1) is 17.8 Å². The lowest BCUT2D eigenvalue weighted by Crippen LogP contribution is -2.57. The standard InChI is InChI=1S/C13H20N2O3/c16-12(17)11-7-15(8-11)13(18)14(5-9-1-2-9)6-10-3-4-10/h9-11H,1-8H2,(H,16,17). The highest BCUT2D eigenvalue weighted by molar-refractivity contribution is 5.80. The Morgan fingerprint density at radius 1 is 1.06 bits per heavy atom. The van der Waals surface area contributed by atoms with Crippen LogP contribution in [0.25, 0.3) is 0 Å². The minimum atomic E-state index is -0.782. The number of carboxylic acids is 1. The van der Waals surface area contributed by atoms with Crippen molar-refractivity contribution in [1.82, 2.24) is 9.80 Å². The van der Waals surface area contributed by atoms with Crippen molar-refractivity contribution in [2.75, 3.05) is 26.2 Å². The molecule has 0 aromatic heterocycles. The molecule has 100 valence electrons. The van der Waals surface area contributed by atoms with E-state index in [0.717, 1.165) is 13.1 Å². The number of amides is 2. The number of rotatable bonds is 5. The van der Waals surface area contributed by atoms with Crippen molar-refractivity contribution in [1.29, 1.82) is 0 Å². The molecule has 2 saturated carbocycles. The summed E-state index contributed by atoms with van der Waals surface area (Å²) in [6.45, 7) is 2.53. The minimum Gasteiger partial charge on any atom is -0.481 e. The van der Waals surface area contributed by atoms with E-state index in [1.54, 1.807) is 4.90 Å². The van der Waals surface area contributed by atoms with Gasteiger partial charge in [-0.2, -0.15) is 0 Å². The van der Waals surface area contributed by atoms with E-state index in [9.17, 15) is 9.59 Å². The number of likely N-dealkylation sites (tertiary alicyclic amines) is 1. The molecule has 1 saturated heterocycles. The van der Waals surface area contributed by atoms with Crippen LogP contribution in [0.2, 0.25) is 0 Å². The van der Waals surface area contributed by atoms with Gasteiger partial charge in [0.2, 0.25) is 0 Å². The number of carboxylic acid groups (broad SMARTS) is 1. The molecule has 3 aliphatic rings. The molecule has 2 aliphatic carbocycles. The Morgan fingerprint density at radius 3 is 1.94 bits per heavy atom. The van der Waals surface area contributed by atoms with Crippen LogP contribution in [0.5, 0.6) is 0 Å². The quantitative estimate of drug-likeness (QED) is 0.801. The van der Waals surface area contributed by atoms with E-state index in [0.29, 0.717) is 24.9 Å². The summed E-state index contributed by atoms with van der Waals surface area (Å²) in [6, 6.07) is 0.0614. The van der Waals surface area contributed by atoms with Gasteiger partial charge in [0.25, 0.3) is 0 Å². The summed E-state index contributed by atoms with van der Waals surface area (Å²) in [4.78, 5) is 26.7. The highest BCUT2D eigenvalue weighted by Gasteiger charge is 2.40. The van der Waals surface area contributed by atoms with Gasteiger partial charge in [0.15, 0.2) is 0 Å². The van der Waals surface area contributed by atoms with Crippen molar-refractivity contribution >= 4 is 12.0 Å². The number of hydrogen-bond acceptors (Lipinski definition) is 2. The van der Waals surface area contributed by atoms with Crippen LogP contribution >= 0.6 is 0 Å². The maximum absolute atomic E-state index is 12.3. The third-order valence-electron chi connectivity index (χ3n) is 4.12. The molecular formula is C13H20N2O3. The Morgan fingerprint density at radius 2 is 1.56 bits per heavy atom. The first-order valence-electron chi connectivity index (χ1n) is 6.90. The molecule has 3 rings (SSSR count). The van der Waals surface area contributed by atoms with E-state index < -0.39 is 5.97 Å². The van der Waals surface area contributed by atoms with Crippen LogP contribution in [0.15, 0.2) is 0 Å². The van der Waals surface area contributed by atoms with Gasteiger partial charge in [0.05, 0.1) is 5.92 Å². The van der Waals surface area contributed by atoms with E-state index >= 15 is 0 Å². The third kappa shape index (κ3) is 2.60. The van der Waals surface area contributed by atoms with Gasteiger partial charge < -0.3 is 14.9 Å². The molecule has 5 nitrogen and oxygen atoms in total. The largest absolute Gasteiger partial charge is 0.481 e. The number of carbonyl (C=O) groups excluding carboxylic acids is 1. The Balaban J connectivity index is 1.52. The zero-order valence-corrected chi connectivity index (χ0v) is 10.5. The van der Waals surface area contributed by atoms with Gasteiger partial charge in [-0.1, -0.05) is 0 Å². The monoisotopic (exact) mass is 252 g/mol. The molecule has 0 spiro atoms. The number of aliphatic carboxylic acids is 1. The number of carbonyl (C=O) groups is 2. The van der Waals surface area contributed by atoms with Crippen molar-refractivity contribution in [2.45, 2.75) is 25.7 Å². The number of urea groups is 1. The molecule has 0 radical (unpaired) electrons. The number of nitrogens with zero attached hydrogens (tertiary/aromatic N) is 2. The molecule has 2 amide bonds. The van der Waals surface area contributed by atoms with Crippen molar-refractivity contribution in [3.63, 3.8) is 0 Å². The van der Waals surface area contributed by atoms with E-state index in [2.05, 4.69) is 0 Å². The smallest absolute Gasteiger partial charge is 0.320 e. The van der Waals surface area contributed by atoms with E-state index in [1.165, 1.54) is 25.7 Å². The Kier molecular flexibility index (Phi) is 2.92. The van der Waals surface area contributed by atoms with Crippen LogP contribution in [-0.4, -0.2) is 53.1 Å². The van der Waals surface area contributed by atoms with Crippen molar-refractivity contribution < 1.29 is 14.7 Å². The van der Waals surface area contributed by atoms with E-state index in [-0.39, 0.29) is 11.9 Å². The van der Waals surface area contributed by atoms with Gasteiger partial charge in [0.1, 0.15) is 0 Å². The second kappa shape index (κ2) is 4.44. The summed E-state index contributed by atoms with van der Waals surface area (Å²) in [6.07, 6.45) is 4.97. The van der Waals surface area contributed by atoms with Gasteiger partial charge in [-0.25, -0.2) is 4.79 Å². The highest BCUT2D eigenvalue weighted by atomic mass is 16.4. The maximum atomic E-state index is 12.3. The third-order valence-corrected chi connectivity index (χ3v) is 4.12. The summed E-state index contributed by atoms with van der Waals surface area (Å²) in [7, 11) is 0. The normalized spacial score (nSPS) is 23.7. The molecule has 1 aliphatic heterocycles. The first-order chi connectivity index (χ1) is 8.63. The lowest BCUT2D eigenvalue weighted by Gasteiger charge is -2.40. The fourth-order valence-corrected chi connectivity index (χ4v) is 2.45. The molecule has 18 heavy (non-hydrogen) atoms. The first-order valence-corrected chi connectivity index (χ1v) is 6.90. The molecule has 0 aromatic carbocycles. The van der Waals surface area contributed by atoms with E-state index in [1.807, 2.05) is 4.90 Å². The predicted molar refractivity (Wildman–Crippen MR) is 65.1 cm³/mol. The Hall–Kier alpha value is -1.26. The molecule has 0 aromatic rings. The van der Waals surface area contributed by atoms with E-state index in [4.69, 9.17) is 5.11 Å². The molecule has 0 bridgehead atoms. The van der Waals surface area contributed by atoms with Gasteiger partial charge in [-0.05, 0) is 37.5 Å². The molecular weight excluding hydrogens is 232 g/mol. The lowest BCUT2D eigenvalue weighted by atomic mass is 10.0. The minimum absolute atomic E-state index is 0.0614. The van der Waals surface area contributed by atoms with Crippen molar-refractivity contribution in [3.8, 4) is 0 Å². The zero-order valence-electron chi connectivity index (χ0n) is 10.5. The summed E-state index contributed by atoms with van der Waals surface area (Å²) in [5.41, 5.74) is 0. The second-order valence-electron chi connectivity index (χ2n) is 6.01. The van der Waals surface area contributed by atoms with Crippen LogP contribution in [0.4, 0.5) is 4.79 Å². The van der Waals surface area contributed by atoms with Crippen LogP contribution in [-0.2, 0) is 4.79 Å². The summed E-state index contributed by atoms with van der Waals surface area (Å²) < 4.78 is 0. The number of hydrogen-bond donors (Lipinski definition) is 1. The predicted octanol–water partition coefficient (Wildman–Crippen LogP) is 1.24. The van der Waals surface area contributed by atoms with Crippen LogP contribution in [0.1, 0.15) is 25.7 Å². The van der Waals surface area contributed by atoms with Gasteiger partial charge in [0, 0.05) is 26.2 Å². The average Bonchev–Trinajstić information content (AvgIpc) is 3.07. The average molecular weight is 252 g/mol. The molecule has 0 unspecified atom stereocenters. The second-order valence-corrected chi connectivity index (χ2v) is 6.01. The highest BCUT2D eigenvalue weighted by Crippen LogP contribution is 2.34. The summed E-state index contributed by atoms with van der Waals surface area (Å²) >= 11 is 0. The summed E-state index contributed by atoms with van der Waals surface area (Å²) in [5, 5.41) is 8.83. The fourth-order valence-electron chi connectivity index (χ4n) is 2.45. The SMILES string of the molecule is O=C(O)C1CN(C(=O)N(CC2CC2)CC2CC2)C1. The fraction of sp³-hybridized carbons (Fsp3) is 0.846. The van der Waals surface area contributed by atoms with Gasteiger partial charge in [-0.3, -0.25) is 4.79 Å². The molecule has 0 atom stereocenters. The van der Waals surface area contributed by atoms with Gasteiger partial charge in [-0.15, -0.1) is 0 Å². The first kappa shape index (κ1) is 11.8. The molecule has 5 heteroatoms. The maximum Gasteiger partial charge on any atom is 0.320 e. The summed E-state index contributed by atoms with van der Waals surface area (Å²) in [5.74, 6) is 0.265.